The van der Waals surface area contributed by atoms with E-state index >= 15 is 0 Å². The van der Waals surface area contributed by atoms with E-state index in [-0.39, 0.29) is 12.4 Å². The predicted octanol–water partition coefficient (Wildman–Crippen LogP) is 3.32. The van der Waals surface area contributed by atoms with Crippen molar-refractivity contribution in [1.29, 1.82) is 0 Å². The minimum absolute atomic E-state index is 0. The van der Waals surface area contributed by atoms with E-state index < -0.39 is 5.91 Å². The molecular formula is C20H20ClN5O. The number of amides is 1. The van der Waals surface area contributed by atoms with Crippen LogP contribution in [0, 0.1) is 0 Å². The smallest absolute Gasteiger partial charge is 0.248 e. The quantitative estimate of drug-likeness (QED) is 0.553. The van der Waals surface area contributed by atoms with Crippen molar-refractivity contribution >= 4 is 46.1 Å². The second-order valence-electron chi connectivity index (χ2n) is 6.27. The maximum absolute atomic E-state index is 11.6. The lowest BCUT2D eigenvalue weighted by atomic mass is 10.0. The Kier molecular flexibility index (Phi) is 5.28. The summed E-state index contributed by atoms with van der Waals surface area (Å²) in [6.07, 6.45) is 3.42. The highest BCUT2D eigenvalue weighted by molar-refractivity contribution is 6.06. The van der Waals surface area contributed by atoms with Gasteiger partial charge in [-0.1, -0.05) is 36.4 Å². The maximum Gasteiger partial charge on any atom is 0.248 e. The molecule has 4 aromatic rings. The molecule has 4 N–H and O–H groups in total. The molecule has 0 saturated carbocycles. The highest BCUT2D eigenvalue weighted by atomic mass is 35.5. The largest absolute Gasteiger partial charge is 0.382 e. The van der Waals surface area contributed by atoms with E-state index in [1.807, 2.05) is 42.5 Å². The molecular weight excluding hydrogens is 362 g/mol. The summed E-state index contributed by atoms with van der Waals surface area (Å²) < 4.78 is 2.10. The van der Waals surface area contributed by atoms with Crippen LogP contribution in [0.4, 0.5) is 5.82 Å². The van der Waals surface area contributed by atoms with E-state index in [0.29, 0.717) is 11.4 Å². The van der Waals surface area contributed by atoms with Crippen molar-refractivity contribution in [3.63, 3.8) is 0 Å². The van der Waals surface area contributed by atoms with Crippen LogP contribution in [-0.2, 0) is 13.0 Å². The molecule has 1 amide bonds. The molecule has 0 aliphatic heterocycles. The fraction of sp³-hybridized carbons (Fsp3) is 0.150. The van der Waals surface area contributed by atoms with Crippen molar-refractivity contribution in [2.75, 3.05) is 5.73 Å². The fourth-order valence-corrected chi connectivity index (χ4v) is 3.39. The standard InChI is InChI=1S/C20H19N5O.ClH/c21-19-17-18(15-9-3-4-10-16(15)24-19)25(12-23-17)11-5-7-13-6-1-2-8-14(13)20(22)26;/h1-4,6,8-10,12H,5,7,11H2,(H2,21,24)(H2,22,26);1H. The van der Waals surface area contributed by atoms with Gasteiger partial charge in [-0.05, 0) is 30.5 Å². The van der Waals surface area contributed by atoms with E-state index in [9.17, 15) is 4.79 Å². The van der Waals surface area contributed by atoms with Gasteiger partial charge in [-0.25, -0.2) is 9.97 Å². The molecule has 2 heterocycles. The summed E-state index contributed by atoms with van der Waals surface area (Å²) in [6, 6.07) is 15.4. The average Bonchev–Trinajstić information content (AvgIpc) is 3.07. The van der Waals surface area contributed by atoms with Crippen molar-refractivity contribution in [1.82, 2.24) is 14.5 Å². The number of nitrogens with zero attached hydrogens (tertiary/aromatic N) is 3. The normalized spacial score (nSPS) is 10.8. The molecule has 2 aromatic carbocycles. The molecule has 0 bridgehead atoms. The summed E-state index contributed by atoms with van der Waals surface area (Å²) >= 11 is 0. The van der Waals surface area contributed by atoms with Gasteiger partial charge in [0.1, 0.15) is 5.52 Å². The summed E-state index contributed by atoms with van der Waals surface area (Å²) in [4.78, 5) is 20.4. The molecule has 4 rings (SSSR count). The highest BCUT2D eigenvalue weighted by Gasteiger charge is 2.12. The van der Waals surface area contributed by atoms with Gasteiger partial charge in [0.25, 0.3) is 0 Å². The van der Waals surface area contributed by atoms with Gasteiger partial charge in [0.15, 0.2) is 5.82 Å². The molecule has 138 valence electrons. The number of fused-ring (bicyclic) bond motifs is 3. The summed E-state index contributed by atoms with van der Waals surface area (Å²) in [5.74, 6) is 0.0510. The molecule has 0 saturated heterocycles. The Morgan fingerprint density at radius 2 is 1.81 bits per heavy atom. The zero-order valence-corrected chi connectivity index (χ0v) is 15.4. The molecule has 6 nitrogen and oxygen atoms in total. The third-order valence-electron chi connectivity index (χ3n) is 4.61. The SMILES string of the molecule is Cl.NC(=O)c1ccccc1CCCn1cnc2c(N)nc3ccccc3c21. The number of aromatic nitrogens is 3. The van der Waals surface area contributed by atoms with E-state index in [2.05, 4.69) is 14.5 Å². The Hall–Kier alpha value is -3.12. The molecule has 0 spiro atoms. The second-order valence-corrected chi connectivity index (χ2v) is 6.27. The molecule has 0 atom stereocenters. The van der Waals surface area contributed by atoms with Gasteiger partial charge in [-0.15, -0.1) is 12.4 Å². The first-order chi connectivity index (χ1) is 12.6. The number of imidazole rings is 1. The number of hydrogen-bond acceptors (Lipinski definition) is 4. The number of hydrogen-bond donors (Lipinski definition) is 2. The Morgan fingerprint density at radius 1 is 1.07 bits per heavy atom. The third kappa shape index (κ3) is 3.44. The summed E-state index contributed by atoms with van der Waals surface area (Å²) in [6.45, 7) is 0.761. The number of rotatable bonds is 5. The van der Waals surface area contributed by atoms with Gasteiger partial charge in [0.05, 0.1) is 17.4 Å². The number of nitrogen functional groups attached to an aromatic ring is 1. The number of para-hydroxylation sites is 1. The number of benzene rings is 2. The van der Waals surface area contributed by atoms with Crippen LogP contribution in [-0.4, -0.2) is 20.4 Å². The first-order valence-electron chi connectivity index (χ1n) is 8.52. The van der Waals surface area contributed by atoms with Gasteiger partial charge in [-0.2, -0.15) is 0 Å². The number of nitrogens with two attached hydrogens (primary N) is 2. The van der Waals surface area contributed by atoms with E-state index in [0.717, 1.165) is 46.9 Å². The number of aryl methyl sites for hydroxylation is 2. The Balaban J connectivity index is 0.00000210. The molecule has 0 fully saturated rings. The monoisotopic (exact) mass is 381 g/mol. The number of carbonyl (C=O) groups excluding carboxylic acids is 1. The number of carbonyl (C=O) groups is 1. The number of anilines is 1. The summed E-state index contributed by atoms with van der Waals surface area (Å²) in [7, 11) is 0. The van der Waals surface area contributed by atoms with Crippen molar-refractivity contribution in [3.05, 3.63) is 66.0 Å². The van der Waals surface area contributed by atoms with Crippen molar-refractivity contribution in [3.8, 4) is 0 Å². The molecule has 27 heavy (non-hydrogen) atoms. The van der Waals surface area contributed by atoms with Crippen LogP contribution in [0.5, 0.6) is 0 Å². The van der Waals surface area contributed by atoms with Crippen LogP contribution in [0.3, 0.4) is 0 Å². The van der Waals surface area contributed by atoms with Crippen LogP contribution in [0.15, 0.2) is 54.9 Å². The van der Waals surface area contributed by atoms with Gasteiger partial charge in [-0.3, -0.25) is 4.79 Å². The van der Waals surface area contributed by atoms with E-state index in [1.165, 1.54) is 0 Å². The number of halogens is 1. The summed E-state index contributed by atoms with van der Waals surface area (Å²) in [5.41, 5.74) is 15.7. The minimum Gasteiger partial charge on any atom is -0.382 e. The van der Waals surface area contributed by atoms with E-state index in [1.54, 1.807) is 12.4 Å². The lowest BCUT2D eigenvalue weighted by Crippen LogP contribution is -2.13. The van der Waals surface area contributed by atoms with Crippen molar-refractivity contribution < 1.29 is 4.79 Å². The number of primary amides is 1. The highest BCUT2D eigenvalue weighted by Crippen LogP contribution is 2.27. The van der Waals surface area contributed by atoms with Crippen molar-refractivity contribution in [2.24, 2.45) is 5.73 Å². The zero-order chi connectivity index (χ0) is 18.1. The lowest BCUT2D eigenvalue weighted by molar-refractivity contribution is 0.0999. The second kappa shape index (κ2) is 7.63. The first kappa shape index (κ1) is 18.7. The lowest BCUT2D eigenvalue weighted by Gasteiger charge is -2.09. The van der Waals surface area contributed by atoms with Crippen LogP contribution < -0.4 is 11.5 Å². The molecule has 0 unspecified atom stereocenters. The van der Waals surface area contributed by atoms with Crippen LogP contribution in [0.25, 0.3) is 21.9 Å². The zero-order valence-electron chi connectivity index (χ0n) is 14.6. The van der Waals surface area contributed by atoms with Crippen molar-refractivity contribution in [2.45, 2.75) is 19.4 Å². The topological polar surface area (TPSA) is 99.8 Å². The molecule has 0 radical (unpaired) electrons. The Bertz CT molecular complexity index is 1120. The Morgan fingerprint density at radius 3 is 2.63 bits per heavy atom. The Labute approximate surface area is 162 Å². The first-order valence-corrected chi connectivity index (χ1v) is 8.52. The average molecular weight is 382 g/mol. The maximum atomic E-state index is 11.6. The molecule has 0 aliphatic rings. The summed E-state index contributed by atoms with van der Waals surface area (Å²) in [5, 5.41) is 1.03. The van der Waals surface area contributed by atoms with Crippen LogP contribution in [0.2, 0.25) is 0 Å². The minimum atomic E-state index is -0.390. The van der Waals surface area contributed by atoms with Gasteiger partial charge >= 0.3 is 0 Å². The van der Waals surface area contributed by atoms with Crippen LogP contribution >= 0.6 is 12.4 Å². The molecule has 0 aliphatic carbocycles. The third-order valence-corrected chi connectivity index (χ3v) is 4.61. The molecule has 7 heteroatoms. The van der Waals surface area contributed by atoms with Gasteiger partial charge in [0.2, 0.25) is 5.91 Å². The number of pyridine rings is 1. The van der Waals surface area contributed by atoms with E-state index in [4.69, 9.17) is 11.5 Å². The predicted molar refractivity (Wildman–Crippen MR) is 110 cm³/mol. The van der Waals surface area contributed by atoms with Gasteiger partial charge < -0.3 is 16.0 Å². The van der Waals surface area contributed by atoms with Crippen LogP contribution in [0.1, 0.15) is 22.3 Å². The molecule has 2 aromatic heterocycles. The fourth-order valence-electron chi connectivity index (χ4n) is 3.39. The van der Waals surface area contributed by atoms with Gasteiger partial charge in [0, 0.05) is 17.5 Å².